The Bertz CT molecular complexity index is 358. The molecule has 1 aromatic rings. The van der Waals surface area contributed by atoms with Gasteiger partial charge >= 0.3 is 0 Å². The van der Waals surface area contributed by atoms with Gasteiger partial charge in [0, 0.05) is 9.50 Å². The molecule has 0 bridgehead atoms. The molecule has 1 nitrogen and oxygen atoms in total. The van der Waals surface area contributed by atoms with Crippen molar-refractivity contribution in [3.8, 4) is 0 Å². The van der Waals surface area contributed by atoms with Crippen LogP contribution < -0.4 is 0 Å². The molecule has 1 unspecified atom stereocenters. The number of aliphatic hydroxyl groups is 1. The molecule has 76 valence electrons. The van der Waals surface area contributed by atoms with E-state index in [2.05, 4.69) is 15.9 Å². The van der Waals surface area contributed by atoms with E-state index in [1.165, 1.54) is 0 Å². The molecule has 0 aliphatic carbocycles. The van der Waals surface area contributed by atoms with Gasteiger partial charge in [0.2, 0.25) is 0 Å². The fraction of sp³-hybridized carbons (Fsp3) is 0.273. The average Bonchev–Trinajstić information content (AvgIpc) is 2.11. The summed E-state index contributed by atoms with van der Waals surface area (Å²) >= 11 is 9.29. The van der Waals surface area contributed by atoms with Gasteiger partial charge in [-0.1, -0.05) is 33.6 Å². The molecule has 1 rings (SSSR count). The van der Waals surface area contributed by atoms with E-state index in [4.69, 9.17) is 11.6 Å². The molecule has 0 amide bonds. The number of benzene rings is 1. The van der Waals surface area contributed by atoms with Gasteiger partial charge in [-0.2, -0.15) is 0 Å². The van der Waals surface area contributed by atoms with E-state index in [-0.39, 0.29) is 0 Å². The Hall–Kier alpha value is -0.310. The lowest BCUT2D eigenvalue weighted by Crippen LogP contribution is -2.00. The second-order valence-corrected chi connectivity index (χ2v) is 4.52. The molecule has 0 fully saturated rings. The average molecular weight is 276 g/mol. The second kappa shape index (κ2) is 4.96. The maximum absolute atomic E-state index is 9.33. The highest BCUT2D eigenvalue weighted by Crippen LogP contribution is 2.23. The van der Waals surface area contributed by atoms with Crippen LogP contribution in [0.3, 0.4) is 0 Å². The summed E-state index contributed by atoms with van der Waals surface area (Å²) in [7, 11) is 0. The van der Waals surface area contributed by atoms with E-state index in [0.717, 1.165) is 15.6 Å². The zero-order chi connectivity index (χ0) is 10.7. The lowest BCUT2D eigenvalue weighted by molar-refractivity contribution is 0.232. The minimum Gasteiger partial charge on any atom is -0.389 e. The highest BCUT2D eigenvalue weighted by molar-refractivity contribution is 9.10. The lowest BCUT2D eigenvalue weighted by Gasteiger charge is -2.05. The van der Waals surface area contributed by atoms with Crippen LogP contribution in [0.5, 0.6) is 0 Å². The number of halogens is 2. The predicted molar refractivity (Wildman–Crippen MR) is 64.5 cm³/mol. The summed E-state index contributed by atoms with van der Waals surface area (Å²) in [5, 5.41) is 10.0. The van der Waals surface area contributed by atoms with Crippen molar-refractivity contribution in [1.82, 2.24) is 0 Å². The number of hydrogen-bond acceptors (Lipinski definition) is 1. The minimum atomic E-state index is -0.430. The first-order chi connectivity index (χ1) is 6.50. The smallest absolute Gasteiger partial charge is 0.0722 e. The molecule has 0 saturated carbocycles. The molecule has 14 heavy (non-hydrogen) atoms. The Balaban J connectivity index is 3.07. The van der Waals surface area contributed by atoms with Gasteiger partial charge in [-0.25, -0.2) is 0 Å². The van der Waals surface area contributed by atoms with Crippen LogP contribution in [-0.4, -0.2) is 11.2 Å². The van der Waals surface area contributed by atoms with Gasteiger partial charge in [-0.15, -0.1) is 0 Å². The Morgan fingerprint density at radius 2 is 2.21 bits per heavy atom. The summed E-state index contributed by atoms with van der Waals surface area (Å²) in [6.45, 7) is 3.63. The largest absolute Gasteiger partial charge is 0.389 e. The fourth-order valence-electron chi connectivity index (χ4n) is 0.991. The van der Waals surface area contributed by atoms with Gasteiger partial charge in [-0.3, -0.25) is 0 Å². The molecule has 1 N–H and O–H groups in total. The number of aliphatic hydroxyl groups excluding tert-OH is 1. The normalized spacial score (nSPS) is 14.2. The molecule has 0 aliphatic heterocycles. The third kappa shape index (κ3) is 3.12. The van der Waals surface area contributed by atoms with Gasteiger partial charge in [0.05, 0.1) is 6.10 Å². The Labute approximate surface area is 97.5 Å². The van der Waals surface area contributed by atoms with Crippen molar-refractivity contribution in [2.75, 3.05) is 0 Å². The predicted octanol–water partition coefficient (Wildman–Crippen LogP) is 3.89. The van der Waals surface area contributed by atoms with Crippen LogP contribution in [-0.2, 0) is 0 Å². The zero-order valence-corrected chi connectivity index (χ0v) is 10.4. The van der Waals surface area contributed by atoms with E-state index in [1.807, 2.05) is 31.2 Å². The fourth-order valence-corrected chi connectivity index (χ4v) is 1.53. The van der Waals surface area contributed by atoms with Crippen LogP contribution in [0.4, 0.5) is 0 Å². The summed E-state index contributed by atoms with van der Waals surface area (Å²) in [5.41, 5.74) is 1.89. The molecule has 0 aliphatic rings. The number of rotatable bonds is 2. The SMILES string of the molecule is C/C(=C\c1cc(Cl)ccc1Br)C(C)O. The van der Waals surface area contributed by atoms with Crippen LogP contribution in [0.2, 0.25) is 5.02 Å². The zero-order valence-electron chi connectivity index (χ0n) is 8.09. The Morgan fingerprint density at radius 1 is 1.57 bits per heavy atom. The third-order valence-corrected chi connectivity index (χ3v) is 2.96. The molecule has 0 saturated heterocycles. The van der Waals surface area contributed by atoms with Gasteiger partial charge in [-0.05, 0) is 43.2 Å². The lowest BCUT2D eigenvalue weighted by atomic mass is 10.1. The van der Waals surface area contributed by atoms with Crippen molar-refractivity contribution in [1.29, 1.82) is 0 Å². The topological polar surface area (TPSA) is 20.2 Å². The van der Waals surface area contributed by atoms with Crippen LogP contribution in [0.1, 0.15) is 19.4 Å². The van der Waals surface area contributed by atoms with E-state index < -0.39 is 6.10 Å². The molecular formula is C11H12BrClO. The highest BCUT2D eigenvalue weighted by Gasteiger charge is 2.01. The molecule has 0 radical (unpaired) electrons. The quantitative estimate of drug-likeness (QED) is 0.868. The van der Waals surface area contributed by atoms with E-state index in [1.54, 1.807) is 6.92 Å². The molecular weight excluding hydrogens is 263 g/mol. The second-order valence-electron chi connectivity index (χ2n) is 3.23. The summed E-state index contributed by atoms with van der Waals surface area (Å²) in [6, 6.07) is 5.57. The van der Waals surface area contributed by atoms with Crippen molar-refractivity contribution in [2.24, 2.45) is 0 Å². The standard InChI is InChI=1S/C11H12BrClO/c1-7(8(2)14)5-9-6-10(13)3-4-11(9)12/h3-6,8,14H,1-2H3/b7-5+. The van der Waals surface area contributed by atoms with Gasteiger partial charge in [0.1, 0.15) is 0 Å². The van der Waals surface area contributed by atoms with E-state index in [9.17, 15) is 5.11 Å². The van der Waals surface area contributed by atoms with E-state index >= 15 is 0 Å². The number of hydrogen-bond donors (Lipinski definition) is 1. The molecule has 3 heteroatoms. The first-order valence-electron chi connectivity index (χ1n) is 4.32. The van der Waals surface area contributed by atoms with Crippen LogP contribution in [0.15, 0.2) is 28.2 Å². The van der Waals surface area contributed by atoms with Crippen molar-refractivity contribution in [3.63, 3.8) is 0 Å². The summed E-state index contributed by atoms with van der Waals surface area (Å²) in [5.74, 6) is 0. The molecule has 1 aromatic carbocycles. The molecule has 0 aromatic heterocycles. The first-order valence-corrected chi connectivity index (χ1v) is 5.49. The monoisotopic (exact) mass is 274 g/mol. The highest BCUT2D eigenvalue weighted by atomic mass is 79.9. The van der Waals surface area contributed by atoms with E-state index in [0.29, 0.717) is 5.02 Å². The van der Waals surface area contributed by atoms with Crippen LogP contribution in [0.25, 0.3) is 6.08 Å². The first kappa shape index (κ1) is 11.8. The van der Waals surface area contributed by atoms with Crippen molar-refractivity contribution >= 4 is 33.6 Å². The Morgan fingerprint density at radius 3 is 2.79 bits per heavy atom. The maximum Gasteiger partial charge on any atom is 0.0722 e. The van der Waals surface area contributed by atoms with Crippen LogP contribution >= 0.6 is 27.5 Å². The van der Waals surface area contributed by atoms with Crippen molar-refractivity contribution in [2.45, 2.75) is 20.0 Å². The molecule has 0 spiro atoms. The summed E-state index contributed by atoms with van der Waals surface area (Å²) in [4.78, 5) is 0. The van der Waals surface area contributed by atoms with Gasteiger partial charge in [0.15, 0.2) is 0 Å². The summed E-state index contributed by atoms with van der Waals surface area (Å²) in [6.07, 6.45) is 1.49. The van der Waals surface area contributed by atoms with Gasteiger partial charge in [0.25, 0.3) is 0 Å². The van der Waals surface area contributed by atoms with Gasteiger partial charge < -0.3 is 5.11 Å². The third-order valence-electron chi connectivity index (χ3n) is 2.00. The molecule has 0 heterocycles. The summed E-state index contributed by atoms with van der Waals surface area (Å²) < 4.78 is 0.974. The van der Waals surface area contributed by atoms with Crippen LogP contribution in [0, 0.1) is 0 Å². The van der Waals surface area contributed by atoms with Crippen molar-refractivity contribution < 1.29 is 5.11 Å². The van der Waals surface area contributed by atoms with Crippen molar-refractivity contribution in [3.05, 3.63) is 38.8 Å². The Kier molecular flexibility index (Phi) is 4.17. The minimum absolute atomic E-state index is 0.430. The molecule has 1 atom stereocenters. The maximum atomic E-state index is 9.33.